The average molecular weight is 490 g/mol. The van der Waals surface area contributed by atoms with Crippen molar-refractivity contribution in [3.05, 3.63) is 45.9 Å². The lowest BCUT2D eigenvalue weighted by Gasteiger charge is -2.11. The summed E-state index contributed by atoms with van der Waals surface area (Å²) in [5, 5.41) is 7.84. The molecule has 0 unspecified atom stereocenters. The predicted molar refractivity (Wildman–Crippen MR) is 122 cm³/mol. The predicted octanol–water partition coefficient (Wildman–Crippen LogP) is 4.27. The summed E-state index contributed by atoms with van der Waals surface area (Å²) >= 11 is 3.61. The SMILES string of the molecule is CCNC(=NCCc1ncc(C)s1)NCCSc1ccc(C)cc1.I. The van der Waals surface area contributed by atoms with Crippen LogP contribution in [-0.2, 0) is 6.42 Å². The molecule has 0 aliphatic heterocycles. The van der Waals surface area contributed by atoms with E-state index in [-0.39, 0.29) is 24.0 Å². The fourth-order valence-electron chi connectivity index (χ4n) is 2.09. The molecule has 0 saturated carbocycles. The van der Waals surface area contributed by atoms with Crippen LogP contribution in [0.2, 0.25) is 0 Å². The summed E-state index contributed by atoms with van der Waals surface area (Å²) in [6, 6.07) is 8.66. The van der Waals surface area contributed by atoms with E-state index in [9.17, 15) is 0 Å². The molecule has 1 aromatic heterocycles. The van der Waals surface area contributed by atoms with E-state index in [1.807, 2.05) is 18.0 Å². The molecule has 0 aliphatic carbocycles. The molecule has 0 saturated heterocycles. The van der Waals surface area contributed by atoms with Gasteiger partial charge in [-0.05, 0) is 32.9 Å². The number of thioether (sulfide) groups is 1. The van der Waals surface area contributed by atoms with Gasteiger partial charge in [0, 0.05) is 47.8 Å². The van der Waals surface area contributed by atoms with Crippen LogP contribution in [0.15, 0.2) is 40.4 Å². The van der Waals surface area contributed by atoms with Crippen LogP contribution in [0, 0.1) is 13.8 Å². The molecule has 25 heavy (non-hydrogen) atoms. The zero-order valence-corrected chi connectivity index (χ0v) is 19.0. The van der Waals surface area contributed by atoms with Crippen LogP contribution in [-0.4, -0.2) is 36.3 Å². The van der Waals surface area contributed by atoms with Crippen molar-refractivity contribution in [2.45, 2.75) is 32.1 Å². The van der Waals surface area contributed by atoms with E-state index in [0.717, 1.165) is 42.8 Å². The summed E-state index contributed by atoms with van der Waals surface area (Å²) in [4.78, 5) is 11.6. The van der Waals surface area contributed by atoms with Crippen molar-refractivity contribution in [2.24, 2.45) is 4.99 Å². The smallest absolute Gasteiger partial charge is 0.191 e. The Balaban J connectivity index is 0.00000312. The summed E-state index contributed by atoms with van der Waals surface area (Å²) in [6.45, 7) is 8.80. The first kappa shape index (κ1) is 22.2. The van der Waals surface area contributed by atoms with Gasteiger partial charge in [0.2, 0.25) is 0 Å². The molecule has 0 radical (unpaired) electrons. The molecule has 0 atom stereocenters. The van der Waals surface area contributed by atoms with Crippen LogP contribution in [0.3, 0.4) is 0 Å². The number of halogens is 1. The zero-order valence-electron chi connectivity index (χ0n) is 15.0. The van der Waals surface area contributed by atoms with Crippen LogP contribution in [0.4, 0.5) is 0 Å². The molecular formula is C18H27IN4S2. The van der Waals surface area contributed by atoms with Gasteiger partial charge in [-0.15, -0.1) is 47.1 Å². The number of hydrogen-bond donors (Lipinski definition) is 2. The van der Waals surface area contributed by atoms with Gasteiger partial charge in [-0.25, -0.2) is 4.98 Å². The first-order valence-electron chi connectivity index (χ1n) is 8.30. The van der Waals surface area contributed by atoms with E-state index in [1.165, 1.54) is 15.3 Å². The first-order chi connectivity index (χ1) is 11.7. The number of nitrogens with zero attached hydrogens (tertiary/aromatic N) is 2. The number of aryl methyl sites for hydroxylation is 2. The number of hydrogen-bond acceptors (Lipinski definition) is 4. The lowest BCUT2D eigenvalue weighted by atomic mass is 10.2. The van der Waals surface area contributed by atoms with E-state index in [0.29, 0.717) is 0 Å². The van der Waals surface area contributed by atoms with Crippen LogP contribution in [0.1, 0.15) is 22.4 Å². The van der Waals surface area contributed by atoms with Gasteiger partial charge in [0.25, 0.3) is 0 Å². The minimum absolute atomic E-state index is 0. The standard InChI is InChI=1S/C18H26N4S2.HI/c1-4-19-18(20-10-9-17-22-13-15(3)24-17)21-11-12-23-16-7-5-14(2)6-8-16;/h5-8,13H,4,9-12H2,1-3H3,(H2,19,20,21);1H. The van der Waals surface area contributed by atoms with Gasteiger partial charge >= 0.3 is 0 Å². The van der Waals surface area contributed by atoms with Crippen molar-refractivity contribution in [1.29, 1.82) is 0 Å². The minimum Gasteiger partial charge on any atom is -0.357 e. The molecule has 1 heterocycles. The first-order valence-corrected chi connectivity index (χ1v) is 10.1. The summed E-state index contributed by atoms with van der Waals surface area (Å²) in [6.07, 6.45) is 2.82. The molecule has 0 fully saturated rings. The zero-order chi connectivity index (χ0) is 17.2. The molecular weight excluding hydrogens is 463 g/mol. The Kier molecular flexibility index (Phi) is 11.2. The van der Waals surface area contributed by atoms with Gasteiger partial charge in [-0.3, -0.25) is 4.99 Å². The quantitative estimate of drug-likeness (QED) is 0.191. The number of guanidine groups is 1. The summed E-state index contributed by atoms with van der Waals surface area (Å²) in [5.74, 6) is 1.90. The number of thiazole rings is 1. The van der Waals surface area contributed by atoms with Crippen LogP contribution in [0.25, 0.3) is 0 Å². The highest BCUT2D eigenvalue weighted by Crippen LogP contribution is 2.17. The van der Waals surface area contributed by atoms with Gasteiger partial charge in [0.05, 0.1) is 5.01 Å². The second-order valence-corrected chi connectivity index (χ2v) is 7.95. The average Bonchev–Trinajstić information content (AvgIpc) is 2.98. The maximum absolute atomic E-state index is 4.63. The Morgan fingerprint density at radius 2 is 1.96 bits per heavy atom. The molecule has 2 rings (SSSR count). The van der Waals surface area contributed by atoms with Crippen molar-refractivity contribution in [3.8, 4) is 0 Å². The monoisotopic (exact) mass is 490 g/mol. The van der Waals surface area contributed by atoms with Crippen molar-refractivity contribution in [1.82, 2.24) is 15.6 Å². The van der Waals surface area contributed by atoms with Gasteiger partial charge < -0.3 is 10.6 Å². The van der Waals surface area contributed by atoms with Crippen molar-refractivity contribution < 1.29 is 0 Å². The third-order valence-electron chi connectivity index (χ3n) is 3.29. The van der Waals surface area contributed by atoms with Gasteiger partial charge in [-0.1, -0.05) is 17.7 Å². The van der Waals surface area contributed by atoms with E-state index >= 15 is 0 Å². The molecule has 0 amide bonds. The fraction of sp³-hybridized carbons (Fsp3) is 0.444. The topological polar surface area (TPSA) is 49.3 Å². The highest BCUT2D eigenvalue weighted by Gasteiger charge is 2.00. The Labute approximate surface area is 176 Å². The van der Waals surface area contributed by atoms with E-state index < -0.39 is 0 Å². The molecule has 2 aromatic rings. The Hall–Kier alpha value is -0.800. The largest absolute Gasteiger partial charge is 0.357 e. The third-order valence-corrected chi connectivity index (χ3v) is 5.28. The highest BCUT2D eigenvalue weighted by atomic mass is 127. The van der Waals surface area contributed by atoms with E-state index in [4.69, 9.17) is 0 Å². The van der Waals surface area contributed by atoms with Crippen LogP contribution >= 0.6 is 47.1 Å². The number of aliphatic imine (C=N–C) groups is 1. The minimum atomic E-state index is 0. The normalized spacial score (nSPS) is 11.1. The maximum Gasteiger partial charge on any atom is 0.191 e. The maximum atomic E-state index is 4.63. The van der Waals surface area contributed by atoms with Crippen molar-refractivity contribution in [3.63, 3.8) is 0 Å². The van der Waals surface area contributed by atoms with E-state index in [1.54, 1.807) is 11.3 Å². The molecule has 138 valence electrons. The third kappa shape index (κ3) is 8.91. The molecule has 2 N–H and O–H groups in total. The number of benzene rings is 1. The number of nitrogens with one attached hydrogen (secondary N) is 2. The Morgan fingerprint density at radius 3 is 2.60 bits per heavy atom. The molecule has 4 nitrogen and oxygen atoms in total. The molecule has 0 bridgehead atoms. The van der Waals surface area contributed by atoms with Gasteiger partial charge in [-0.2, -0.15) is 0 Å². The summed E-state index contributed by atoms with van der Waals surface area (Å²) < 4.78 is 0. The molecule has 7 heteroatoms. The second kappa shape index (κ2) is 12.5. The number of aromatic nitrogens is 1. The van der Waals surface area contributed by atoms with E-state index in [2.05, 4.69) is 65.6 Å². The van der Waals surface area contributed by atoms with Crippen LogP contribution < -0.4 is 10.6 Å². The number of rotatable bonds is 8. The van der Waals surface area contributed by atoms with Gasteiger partial charge in [0.15, 0.2) is 5.96 Å². The molecule has 0 aliphatic rings. The summed E-state index contributed by atoms with van der Waals surface area (Å²) in [7, 11) is 0. The summed E-state index contributed by atoms with van der Waals surface area (Å²) in [5.41, 5.74) is 1.30. The van der Waals surface area contributed by atoms with Gasteiger partial charge in [0.1, 0.15) is 0 Å². The lowest BCUT2D eigenvalue weighted by molar-refractivity contribution is 0.835. The Bertz CT molecular complexity index is 641. The molecule has 0 spiro atoms. The molecule has 1 aromatic carbocycles. The van der Waals surface area contributed by atoms with Crippen molar-refractivity contribution >= 4 is 53.0 Å². The highest BCUT2D eigenvalue weighted by molar-refractivity contribution is 14.0. The Morgan fingerprint density at radius 1 is 1.20 bits per heavy atom. The second-order valence-electron chi connectivity index (χ2n) is 5.46. The fourth-order valence-corrected chi connectivity index (χ4v) is 3.64. The lowest BCUT2D eigenvalue weighted by Crippen LogP contribution is -2.38. The van der Waals surface area contributed by atoms with Crippen LogP contribution in [0.5, 0.6) is 0 Å². The van der Waals surface area contributed by atoms with Crippen molar-refractivity contribution in [2.75, 3.05) is 25.4 Å².